The summed E-state index contributed by atoms with van der Waals surface area (Å²) in [4.78, 5) is 2.70. The van der Waals surface area contributed by atoms with E-state index in [1.54, 1.807) is 6.07 Å². The molecule has 4 nitrogen and oxygen atoms in total. The van der Waals surface area contributed by atoms with E-state index in [9.17, 15) is 5.11 Å². The molecule has 0 bridgehead atoms. The molecule has 0 heterocycles. The molecule has 0 spiro atoms. The van der Waals surface area contributed by atoms with Crippen LogP contribution in [0.25, 0.3) is 27.3 Å². The molecular weight excluding hydrogens is 226 g/mol. The zero-order valence-corrected chi connectivity index (χ0v) is 9.82. The Morgan fingerprint density at radius 2 is 1.94 bits per heavy atom. The van der Waals surface area contributed by atoms with Gasteiger partial charge in [0.15, 0.2) is 0 Å². The maximum Gasteiger partial charge on any atom is 0.123 e. The molecule has 0 aliphatic rings. The third kappa shape index (κ3) is 2.62. The van der Waals surface area contributed by atoms with Gasteiger partial charge in [-0.05, 0) is 29.0 Å². The highest BCUT2D eigenvalue weighted by atomic mass is 16.3. The first-order valence-corrected chi connectivity index (χ1v) is 5.71. The molecule has 0 saturated carbocycles. The molecule has 1 N–H and O–H groups in total. The monoisotopic (exact) mass is 239 g/mol. The number of phenols is 1. The summed E-state index contributed by atoms with van der Waals surface area (Å²) in [5.74, 6) is 0.289. The fourth-order valence-electron chi connectivity index (χ4n) is 1.84. The fourth-order valence-corrected chi connectivity index (χ4v) is 1.84. The van der Waals surface area contributed by atoms with Crippen LogP contribution in [0.2, 0.25) is 0 Å². The van der Waals surface area contributed by atoms with Crippen LogP contribution in [0.5, 0.6) is 5.75 Å². The molecule has 0 saturated heterocycles. The summed E-state index contributed by atoms with van der Waals surface area (Å²) in [5, 5.41) is 15.1. The molecule has 0 unspecified atom stereocenters. The van der Waals surface area contributed by atoms with Crippen LogP contribution in [-0.2, 0) is 0 Å². The van der Waals surface area contributed by atoms with E-state index in [2.05, 4.69) is 10.0 Å². The van der Waals surface area contributed by atoms with Crippen LogP contribution in [0.3, 0.4) is 0 Å². The molecule has 90 valence electrons. The van der Waals surface area contributed by atoms with E-state index >= 15 is 0 Å². The zero-order valence-electron chi connectivity index (χ0n) is 9.82. The van der Waals surface area contributed by atoms with E-state index < -0.39 is 0 Å². The second-order valence-corrected chi connectivity index (χ2v) is 3.87. The molecule has 0 aromatic heterocycles. The van der Waals surface area contributed by atoms with E-state index in [0.29, 0.717) is 13.0 Å². The molecule has 0 amide bonds. The molecule has 0 radical (unpaired) electrons. The van der Waals surface area contributed by atoms with Crippen LogP contribution in [-0.4, -0.2) is 11.7 Å². The van der Waals surface area contributed by atoms with Gasteiger partial charge >= 0.3 is 0 Å². The van der Waals surface area contributed by atoms with Gasteiger partial charge in [0.25, 0.3) is 0 Å². The van der Waals surface area contributed by atoms with Crippen molar-refractivity contribution in [2.24, 2.45) is 5.11 Å². The van der Waals surface area contributed by atoms with Crippen molar-refractivity contribution in [3.05, 3.63) is 58.5 Å². The number of fused-ring (bicyclic) bond motifs is 1. The van der Waals surface area contributed by atoms with Crippen LogP contribution >= 0.6 is 0 Å². The second kappa shape index (κ2) is 5.75. The fraction of sp³-hybridized carbons (Fsp3) is 0.143. The third-order valence-electron chi connectivity index (χ3n) is 2.69. The van der Waals surface area contributed by atoms with Gasteiger partial charge in [0, 0.05) is 16.8 Å². The minimum Gasteiger partial charge on any atom is -0.507 e. The molecule has 0 fully saturated rings. The topological polar surface area (TPSA) is 69.0 Å². The average Bonchev–Trinajstić information content (AvgIpc) is 2.41. The van der Waals surface area contributed by atoms with Crippen LogP contribution in [0.4, 0.5) is 0 Å². The predicted octanol–water partition coefficient (Wildman–Crippen LogP) is 4.26. The highest BCUT2D eigenvalue weighted by Gasteiger charge is 2.01. The number of rotatable bonds is 4. The standard InChI is InChI=1S/C14H13N3O/c15-17-16-10-4-3-5-11-8-9-14(18)13-7-2-1-6-12(11)13/h1-3,5-9,18H,4,10H2. The SMILES string of the molecule is [N-]=[N+]=NCCC=Cc1ccc(O)c2ccccc12. The van der Waals surface area contributed by atoms with E-state index in [4.69, 9.17) is 5.53 Å². The van der Waals surface area contributed by atoms with E-state index in [-0.39, 0.29) is 5.75 Å². The lowest BCUT2D eigenvalue weighted by Gasteiger charge is -2.04. The third-order valence-corrected chi connectivity index (χ3v) is 2.69. The van der Waals surface area contributed by atoms with Gasteiger partial charge < -0.3 is 5.11 Å². The molecule has 0 aliphatic heterocycles. The summed E-state index contributed by atoms with van der Waals surface area (Å²) in [6, 6.07) is 11.3. The Hall–Kier alpha value is -2.45. The summed E-state index contributed by atoms with van der Waals surface area (Å²) >= 11 is 0. The largest absolute Gasteiger partial charge is 0.507 e. The quantitative estimate of drug-likeness (QED) is 0.368. The average molecular weight is 239 g/mol. The van der Waals surface area contributed by atoms with Gasteiger partial charge in [0.1, 0.15) is 5.75 Å². The first-order chi connectivity index (χ1) is 8.83. The minimum absolute atomic E-state index is 0.289. The lowest BCUT2D eigenvalue weighted by molar-refractivity contribution is 0.481. The molecule has 2 rings (SSSR count). The van der Waals surface area contributed by atoms with Crippen molar-refractivity contribution < 1.29 is 5.11 Å². The number of nitrogens with zero attached hydrogens (tertiary/aromatic N) is 3. The number of hydrogen-bond acceptors (Lipinski definition) is 2. The molecule has 18 heavy (non-hydrogen) atoms. The number of phenolic OH excluding ortho intramolecular Hbond substituents is 1. The highest BCUT2D eigenvalue weighted by Crippen LogP contribution is 2.28. The van der Waals surface area contributed by atoms with Crippen LogP contribution in [0.1, 0.15) is 12.0 Å². The lowest BCUT2D eigenvalue weighted by atomic mass is 10.0. The Balaban J connectivity index is 2.28. The van der Waals surface area contributed by atoms with Gasteiger partial charge in [-0.2, -0.15) is 0 Å². The highest BCUT2D eigenvalue weighted by molar-refractivity contribution is 5.94. The minimum atomic E-state index is 0.289. The van der Waals surface area contributed by atoms with Gasteiger partial charge in [-0.25, -0.2) is 0 Å². The number of benzene rings is 2. The Labute approximate surface area is 105 Å². The number of aromatic hydroxyl groups is 1. The maximum atomic E-state index is 9.76. The Kier molecular flexibility index (Phi) is 3.84. The van der Waals surface area contributed by atoms with E-state index in [1.807, 2.05) is 42.5 Å². The molecule has 2 aromatic carbocycles. The van der Waals surface area contributed by atoms with Crippen molar-refractivity contribution in [1.82, 2.24) is 0 Å². The van der Waals surface area contributed by atoms with Crippen molar-refractivity contribution in [2.45, 2.75) is 6.42 Å². The second-order valence-electron chi connectivity index (χ2n) is 3.87. The van der Waals surface area contributed by atoms with Crippen LogP contribution < -0.4 is 0 Å². The van der Waals surface area contributed by atoms with Crippen molar-refractivity contribution in [3.8, 4) is 5.75 Å². The van der Waals surface area contributed by atoms with Crippen molar-refractivity contribution in [1.29, 1.82) is 0 Å². The number of azide groups is 1. The maximum absolute atomic E-state index is 9.76. The number of hydrogen-bond donors (Lipinski definition) is 1. The molecule has 4 heteroatoms. The molecule has 0 atom stereocenters. The molecule has 0 aliphatic carbocycles. The Bertz CT molecular complexity index is 628. The normalized spacial score (nSPS) is 10.7. The van der Waals surface area contributed by atoms with Gasteiger partial charge in [0.2, 0.25) is 0 Å². The molecular formula is C14H13N3O. The summed E-state index contributed by atoms with van der Waals surface area (Å²) in [6.07, 6.45) is 4.65. The summed E-state index contributed by atoms with van der Waals surface area (Å²) in [7, 11) is 0. The molecule has 2 aromatic rings. The first kappa shape index (κ1) is 12.0. The Morgan fingerprint density at radius 1 is 1.17 bits per heavy atom. The summed E-state index contributed by atoms with van der Waals surface area (Å²) in [6.45, 7) is 0.461. The van der Waals surface area contributed by atoms with Crippen molar-refractivity contribution in [3.63, 3.8) is 0 Å². The lowest BCUT2D eigenvalue weighted by Crippen LogP contribution is -1.80. The van der Waals surface area contributed by atoms with Crippen LogP contribution in [0, 0.1) is 0 Å². The summed E-state index contributed by atoms with van der Waals surface area (Å²) in [5.41, 5.74) is 9.21. The van der Waals surface area contributed by atoms with Gasteiger partial charge in [0.05, 0.1) is 0 Å². The Morgan fingerprint density at radius 3 is 2.72 bits per heavy atom. The predicted molar refractivity (Wildman–Crippen MR) is 73.3 cm³/mol. The van der Waals surface area contributed by atoms with Crippen molar-refractivity contribution >= 4 is 16.8 Å². The smallest absolute Gasteiger partial charge is 0.123 e. The summed E-state index contributed by atoms with van der Waals surface area (Å²) < 4.78 is 0. The zero-order chi connectivity index (χ0) is 12.8. The first-order valence-electron chi connectivity index (χ1n) is 5.71. The van der Waals surface area contributed by atoms with E-state index in [0.717, 1.165) is 16.3 Å². The van der Waals surface area contributed by atoms with Gasteiger partial charge in [-0.1, -0.05) is 47.6 Å². The van der Waals surface area contributed by atoms with Gasteiger partial charge in [-0.15, -0.1) is 0 Å². The van der Waals surface area contributed by atoms with Gasteiger partial charge in [-0.3, -0.25) is 0 Å². The van der Waals surface area contributed by atoms with E-state index in [1.165, 1.54) is 0 Å². The van der Waals surface area contributed by atoms with Crippen molar-refractivity contribution in [2.75, 3.05) is 6.54 Å². The van der Waals surface area contributed by atoms with Crippen LogP contribution in [0.15, 0.2) is 47.6 Å².